The lowest BCUT2D eigenvalue weighted by Crippen LogP contribution is -2.33. The molecule has 0 spiro atoms. The summed E-state index contributed by atoms with van der Waals surface area (Å²) < 4.78 is 1.78. The maximum atomic E-state index is 13.1. The Morgan fingerprint density at radius 3 is 2.84 bits per heavy atom. The van der Waals surface area contributed by atoms with Gasteiger partial charge in [0.1, 0.15) is 5.69 Å². The summed E-state index contributed by atoms with van der Waals surface area (Å²) in [5.74, 6) is 0.746. The van der Waals surface area contributed by atoms with Crippen molar-refractivity contribution in [3.63, 3.8) is 0 Å². The van der Waals surface area contributed by atoms with Gasteiger partial charge in [-0.3, -0.25) is 9.48 Å². The number of amides is 1. The third-order valence-electron chi connectivity index (χ3n) is 4.40. The van der Waals surface area contributed by atoms with Crippen LogP contribution in [-0.4, -0.2) is 56.1 Å². The van der Waals surface area contributed by atoms with Gasteiger partial charge in [0.25, 0.3) is 5.91 Å². The first kappa shape index (κ1) is 17.5. The van der Waals surface area contributed by atoms with Crippen LogP contribution >= 0.6 is 0 Å². The van der Waals surface area contributed by atoms with E-state index in [0.717, 1.165) is 37.4 Å². The molecule has 0 aliphatic carbocycles. The molecular weight excluding hydrogens is 316 g/mol. The molecule has 1 saturated heterocycles. The second-order valence-electron chi connectivity index (χ2n) is 7.06. The number of nitrogens with zero attached hydrogens (tertiary/aromatic N) is 6. The Balaban J connectivity index is 1.85. The highest BCUT2D eigenvalue weighted by Gasteiger charge is 2.34. The average molecular weight is 342 g/mol. The van der Waals surface area contributed by atoms with Crippen molar-refractivity contribution in [2.75, 3.05) is 20.6 Å². The minimum Gasteiger partial charge on any atom is -0.327 e. The maximum Gasteiger partial charge on any atom is 0.272 e. The lowest BCUT2D eigenvalue weighted by Gasteiger charge is -2.24. The maximum absolute atomic E-state index is 13.1. The van der Waals surface area contributed by atoms with Crippen LogP contribution in [0.5, 0.6) is 0 Å². The van der Waals surface area contributed by atoms with Crippen LogP contribution in [-0.2, 0) is 6.54 Å². The largest absolute Gasteiger partial charge is 0.327 e. The molecule has 25 heavy (non-hydrogen) atoms. The van der Waals surface area contributed by atoms with Crippen LogP contribution in [0.3, 0.4) is 0 Å². The monoisotopic (exact) mass is 342 g/mol. The predicted octanol–water partition coefficient (Wildman–Crippen LogP) is 2.29. The quantitative estimate of drug-likeness (QED) is 0.834. The Morgan fingerprint density at radius 2 is 2.12 bits per heavy atom. The Labute approximate surface area is 148 Å². The Bertz CT molecular complexity index is 739. The average Bonchev–Trinajstić information content (AvgIpc) is 3.23. The van der Waals surface area contributed by atoms with Gasteiger partial charge in [-0.2, -0.15) is 5.10 Å². The van der Waals surface area contributed by atoms with Crippen LogP contribution in [0.15, 0.2) is 24.5 Å². The number of likely N-dealkylation sites (tertiary alicyclic amines) is 1. The molecule has 1 atom stereocenters. The minimum absolute atomic E-state index is 0.00955. The molecule has 1 amide bonds. The van der Waals surface area contributed by atoms with Crippen LogP contribution in [0.25, 0.3) is 0 Å². The Kier molecular flexibility index (Phi) is 5.13. The first-order valence-electron chi connectivity index (χ1n) is 8.78. The molecule has 3 rings (SSSR count). The van der Waals surface area contributed by atoms with Gasteiger partial charge in [0.15, 0.2) is 5.82 Å². The SMILES string of the molecule is CC(C)n1nccc1C(=O)N1CCC[C@H]1c1nccc(CN(C)C)n1. The van der Waals surface area contributed by atoms with Gasteiger partial charge in [-0.1, -0.05) is 0 Å². The molecule has 1 aliphatic rings. The molecule has 0 unspecified atom stereocenters. The third-order valence-corrected chi connectivity index (χ3v) is 4.40. The molecule has 0 aromatic carbocycles. The molecule has 134 valence electrons. The molecule has 0 N–H and O–H groups in total. The smallest absolute Gasteiger partial charge is 0.272 e. The van der Waals surface area contributed by atoms with Crippen LogP contribution in [0.2, 0.25) is 0 Å². The van der Waals surface area contributed by atoms with E-state index < -0.39 is 0 Å². The normalized spacial score (nSPS) is 17.7. The number of carbonyl (C=O) groups excluding carboxylic acids is 1. The van der Waals surface area contributed by atoms with Crippen LogP contribution < -0.4 is 0 Å². The molecule has 1 aliphatic heterocycles. The molecule has 0 radical (unpaired) electrons. The zero-order valence-corrected chi connectivity index (χ0v) is 15.4. The van der Waals surface area contributed by atoms with Crippen molar-refractivity contribution >= 4 is 5.91 Å². The predicted molar refractivity (Wildman–Crippen MR) is 95.0 cm³/mol. The standard InChI is InChI=1S/C18H26N6O/c1-13(2)24-16(8-10-20-24)18(25)23-11-5-6-15(23)17-19-9-7-14(21-17)12-22(3)4/h7-10,13,15H,5-6,11-12H2,1-4H3/t15-/m0/s1. The molecule has 3 heterocycles. The van der Waals surface area contributed by atoms with E-state index in [-0.39, 0.29) is 18.0 Å². The van der Waals surface area contributed by atoms with E-state index >= 15 is 0 Å². The second-order valence-corrected chi connectivity index (χ2v) is 7.06. The third kappa shape index (κ3) is 3.71. The van der Waals surface area contributed by atoms with Crippen LogP contribution in [0.4, 0.5) is 0 Å². The number of hydrogen-bond donors (Lipinski definition) is 0. The van der Waals surface area contributed by atoms with Gasteiger partial charge < -0.3 is 9.80 Å². The highest BCUT2D eigenvalue weighted by Crippen LogP contribution is 2.31. The van der Waals surface area contributed by atoms with E-state index in [1.165, 1.54) is 0 Å². The van der Waals surface area contributed by atoms with Crippen molar-refractivity contribution in [1.29, 1.82) is 0 Å². The van der Waals surface area contributed by atoms with Crippen molar-refractivity contribution in [2.24, 2.45) is 0 Å². The summed E-state index contributed by atoms with van der Waals surface area (Å²) in [7, 11) is 4.03. The van der Waals surface area contributed by atoms with Gasteiger partial charge in [0.2, 0.25) is 0 Å². The van der Waals surface area contributed by atoms with Crippen LogP contribution in [0, 0.1) is 0 Å². The van der Waals surface area contributed by atoms with Gasteiger partial charge in [-0.15, -0.1) is 0 Å². The molecular formula is C18H26N6O. The highest BCUT2D eigenvalue weighted by atomic mass is 16.2. The Morgan fingerprint density at radius 1 is 1.32 bits per heavy atom. The van der Waals surface area contributed by atoms with Gasteiger partial charge in [0.05, 0.1) is 11.7 Å². The lowest BCUT2D eigenvalue weighted by atomic mass is 10.2. The van der Waals surface area contributed by atoms with Crippen molar-refractivity contribution < 1.29 is 4.79 Å². The van der Waals surface area contributed by atoms with E-state index in [2.05, 4.69) is 15.0 Å². The van der Waals surface area contributed by atoms with Crippen molar-refractivity contribution in [3.05, 3.63) is 41.7 Å². The fraction of sp³-hybridized carbons (Fsp3) is 0.556. The second kappa shape index (κ2) is 7.31. The number of carbonyl (C=O) groups is 1. The van der Waals surface area contributed by atoms with Crippen molar-refractivity contribution in [1.82, 2.24) is 29.5 Å². The summed E-state index contributed by atoms with van der Waals surface area (Å²) in [5, 5.41) is 4.29. The molecule has 0 saturated carbocycles. The topological polar surface area (TPSA) is 67.2 Å². The van der Waals surface area contributed by atoms with E-state index in [9.17, 15) is 4.79 Å². The summed E-state index contributed by atoms with van der Waals surface area (Å²) >= 11 is 0. The minimum atomic E-state index is -0.0647. The van der Waals surface area contributed by atoms with E-state index in [1.54, 1.807) is 23.1 Å². The summed E-state index contributed by atoms with van der Waals surface area (Å²) in [6.45, 7) is 5.54. The van der Waals surface area contributed by atoms with Gasteiger partial charge >= 0.3 is 0 Å². The summed E-state index contributed by atoms with van der Waals surface area (Å²) in [4.78, 5) is 26.2. The first-order valence-corrected chi connectivity index (χ1v) is 8.78. The summed E-state index contributed by atoms with van der Waals surface area (Å²) in [6, 6.07) is 3.80. The summed E-state index contributed by atoms with van der Waals surface area (Å²) in [5.41, 5.74) is 1.60. The Hall–Kier alpha value is -2.28. The van der Waals surface area contributed by atoms with Gasteiger partial charge in [0, 0.05) is 31.5 Å². The number of rotatable bonds is 5. The highest BCUT2D eigenvalue weighted by molar-refractivity contribution is 5.93. The molecule has 2 aromatic rings. The van der Waals surface area contributed by atoms with Crippen molar-refractivity contribution in [2.45, 2.75) is 45.3 Å². The summed E-state index contributed by atoms with van der Waals surface area (Å²) in [6.07, 6.45) is 5.34. The fourth-order valence-corrected chi connectivity index (χ4v) is 3.31. The van der Waals surface area contributed by atoms with E-state index in [4.69, 9.17) is 4.98 Å². The molecule has 7 heteroatoms. The molecule has 2 aromatic heterocycles. The zero-order valence-electron chi connectivity index (χ0n) is 15.4. The van der Waals surface area contributed by atoms with Crippen molar-refractivity contribution in [3.8, 4) is 0 Å². The zero-order chi connectivity index (χ0) is 18.0. The van der Waals surface area contributed by atoms with Crippen LogP contribution in [0.1, 0.15) is 60.8 Å². The lowest BCUT2D eigenvalue weighted by molar-refractivity contribution is 0.0714. The molecule has 1 fully saturated rings. The van der Waals surface area contributed by atoms with E-state index in [1.807, 2.05) is 38.9 Å². The van der Waals surface area contributed by atoms with E-state index in [0.29, 0.717) is 5.69 Å². The number of aromatic nitrogens is 4. The first-order chi connectivity index (χ1) is 12.0. The molecule has 7 nitrogen and oxygen atoms in total. The van der Waals surface area contributed by atoms with Gasteiger partial charge in [-0.25, -0.2) is 9.97 Å². The fourth-order valence-electron chi connectivity index (χ4n) is 3.31. The number of hydrogen-bond acceptors (Lipinski definition) is 5. The molecule has 0 bridgehead atoms. The van der Waals surface area contributed by atoms with Gasteiger partial charge in [-0.05, 0) is 52.9 Å².